The minimum Gasteiger partial charge on any atom is -0.478 e. The highest BCUT2D eigenvalue weighted by atomic mass is 19.2. The van der Waals surface area contributed by atoms with Crippen molar-refractivity contribution in [1.82, 2.24) is 9.91 Å². The standard InChI is InChI=1S/C28H37F3N4O4.C4H6/c1-20(2)35(32-14-7-6-8-24(30)25(31)16-29)18-21(3)17-33(5)15-13-28(4)19-34(27(38)39-28)23-11-9-22(10-12-23)26(36)37;1-3-4-2/h6,8-12,14,18,20H,7,13,15-17,19H2,1-5H3,(H,36,37);1-2H3/b8-6-,21-18+,25-24-,32-14+;. The largest absolute Gasteiger partial charge is 0.478 e. The Morgan fingerprint density at radius 1 is 1.23 bits per heavy atom. The Morgan fingerprint density at radius 2 is 1.86 bits per heavy atom. The Kier molecular flexibility index (Phi) is 15.9. The lowest BCUT2D eigenvalue weighted by atomic mass is 10.0. The fraction of sp³-hybridized carbons (Fsp3) is 0.469. The second-order valence-corrected chi connectivity index (χ2v) is 10.5. The Labute approximate surface area is 253 Å². The van der Waals surface area contributed by atoms with Gasteiger partial charge in [-0.3, -0.25) is 9.91 Å². The number of halogens is 3. The highest BCUT2D eigenvalue weighted by molar-refractivity contribution is 5.92. The Balaban J connectivity index is 0.00000217. The maximum absolute atomic E-state index is 13.2. The number of anilines is 1. The molecule has 11 heteroatoms. The molecule has 1 aliphatic rings. The molecule has 1 unspecified atom stereocenters. The van der Waals surface area contributed by atoms with Crippen molar-refractivity contribution in [3.63, 3.8) is 0 Å². The predicted octanol–water partition coefficient (Wildman–Crippen LogP) is 7.12. The quantitative estimate of drug-likeness (QED) is 0.105. The number of aromatic carboxylic acids is 1. The van der Waals surface area contributed by atoms with Gasteiger partial charge in [-0.25, -0.2) is 22.8 Å². The van der Waals surface area contributed by atoms with Gasteiger partial charge >= 0.3 is 12.1 Å². The van der Waals surface area contributed by atoms with E-state index in [1.54, 1.807) is 23.4 Å². The minimum atomic E-state index is -1.47. The first kappa shape index (κ1) is 37.0. The lowest BCUT2D eigenvalue weighted by Gasteiger charge is -2.26. The van der Waals surface area contributed by atoms with Crippen LogP contribution in [0.3, 0.4) is 0 Å². The van der Waals surface area contributed by atoms with Crippen molar-refractivity contribution in [2.24, 2.45) is 5.10 Å². The molecule has 1 saturated heterocycles. The topological polar surface area (TPSA) is 85.7 Å². The summed E-state index contributed by atoms with van der Waals surface area (Å²) in [6.45, 7) is 11.6. The van der Waals surface area contributed by atoms with Crippen molar-refractivity contribution in [1.29, 1.82) is 0 Å². The SMILES string of the molecule is C/C(=C\N(/N=C/C/C=C\C(F)=C(\F)CF)C(C)C)CN(C)CCC1(C)CN(c2ccc(C(=O)O)cc2)C(=O)O1.CC#CC. The molecule has 43 heavy (non-hydrogen) atoms. The normalized spacial score (nSPS) is 17.5. The van der Waals surface area contributed by atoms with Crippen LogP contribution >= 0.6 is 0 Å². The molecule has 1 fully saturated rings. The van der Waals surface area contributed by atoms with Gasteiger partial charge in [-0.2, -0.15) is 5.10 Å². The zero-order chi connectivity index (χ0) is 32.6. The molecular formula is C32H43F3N4O4. The van der Waals surface area contributed by atoms with E-state index in [9.17, 15) is 22.8 Å². The summed E-state index contributed by atoms with van der Waals surface area (Å²) in [5, 5.41) is 15.2. The number of likely N-dealkylation sites (N-methyl/N-ethyl adjacent to an activating group) is 1. The summed E-state index contributed by atoms with van der Waals surface area (Å²) in [6, 6.07) is 6.16. The van der Waals surface area contributed by atoms with E-state index in [2.05, 4.69) is 21.8 Å². The summed E-state index contributed by atoms with van der Waals surface area (Å²) in [5.74, 6) is 1.67. The fourth-order valence-corrected chi connectivity index (χ4v) is 3.85. The highest BCUT2D eigenvalue weighted by Crippen LogP contribution is 2.30. The van der Waals surface area contributed by atoms with Gasteiger partial charge in [-0.1, -0.05) is 6.08 Å². The van der Waals surface area contributed by atoms with Gasteiger partial charge in [0, 0.05) is 50.1 Å². The molecule has 2 rings (SSSR count). The summed E-state index contributed by atoms with van der Waals surface area (Å²) < 4.78 is 43.8. The molecule has 1 aromatic rings. The van der Waals surface area contributed by atoms with Crippen LogP contribution in [0.25, 0.3) is 0 Å². The Hall–Kier alpha value is -4.04. The number of carbonyl (C=O) groups is 2. The average Bonchev–Trinajstić information content (AvgIpc) is 3.28. The molecule has 0 saturated carbocycles. The van der Waals surface area contributed by atoms with E-state index in [1.807, 2.05) is 54.8 Å². The first-order chi connectivity index (χ1) is 20.3. The molecule has 1 atom stereocenters. The number of amides is 1. The zero-order valence-electron chi connectivity index (χ0n) is 26.0. The average molecular weight is 605 g/mol. The van der Waals surface area contributed by atoms with Gasteiger partial charge in [0.05, 0.1) is 12.1 Å². The molecule has 0 aromatic heterocycles. The smallest absolute Gasteiger partial charge is 0.415 e. The number of allylic oxidation sites excluding steroid dienone is 4. The number of nitrogens with zero attached hydrogens (tertiary/aromatic N) is 4. The molecule has 8 nitrogen and oxygen atoms in total. The van der Waals surface area contributed by atoms with Gasteiger partial charge in [-0.15, -0.1) is 11.8 Å². The van der Waals surface area contributed by atoms with Crippen LogP contribution in [0.1, 0.15) is 64.7 Å². The number of hydrogen-bond donors (Lipinski definition) is 1. The number of cyclic esters (lactones) is 1. The van der Waals surface area contributed by atoms with Gasteiger partial charge in [0.25, 0.3) is 0 Å². The van der Waals surface area contributed by atoms with Gasteiger partial charge in [0.1, 0.15) is 12.3 Å². The van der Waals surface area contributed by atoms with E-state index >= 15 is 0 Å². The zero-order valence-corrected chi connectivity index (χ0v) is 26.0. The number of carboxylic acids is 1. The third-order valence-electron chi connectivity index (χ3n) is 6.24. The maximum atomic E-state index is 13.2. The van der Waals surface area contributed by atoms with Crippen LogP contribution < -0.4 is 4.90 Å². The van der Waals surface area contributed by atoms with E-state index in [4.69, 9.17) is 9.84 Å². The number of hydrogen-bond acceptors (Lipinski definition) is 6. The van der Waals surface area contributed by atoms with Crippen LogP contribution in [-0.2, 0) is 4.74 Å². The van der Waals surface area contributed by atoms with Crippen molar-refractivity contribution in [3.05, 3.63) is 65.4 Å². The van der Waals surface area contributed by atoms with E-state index < -0.39 is 36.0 Å². The second kappa shape index (κ2) is 18.5. The van der Waals surface area contributed by atoms with E-state index in [0.717, 1.165) is 11.6 Å². The summed E-state index contributed by atoms with van der Waals surface area (Å²) in [4.78, 5) is 27.2. The van der Waals surface area contributed by atoms with E-state index in [-0.39, 0.29) is 18.0 Å². The summed E-state index contributed by atoms with van der Waals surface area (Å²) in [5.41, 5.74) is 1.07. The molecule has 1 aliphatic heterocycles. The van der Waals surface area contributed by atoms with E-state index in [0.29, 0.717) is 31.7 Å². The van der Waals surface area contributed by atoms with Gasteiger partial charge < -0.3 is 14.7 Å². The van der Waals surface area contributed by atoms with Crippen LogP contribution in [0.5, 0.6) is 0 Å². The van der Waals surface area contributed by atoms with Crippen molar-refractivity contribution in [3.8, 4) is 11.8 Å². The number of hydrazone groups is 1. The molecule has 0 bridgehead atoms. The van der Waals surface area contributed by atoms with Crippen molar-refractivity contribution < 1.29 is 32.6 Å². The maximum Gasteiger partial charge on any atom is 0.415 e. The first-order valence-electron chi connectivity index (χ1n) is 13.9. The fourth-order valence-electron chi connectivity index (χ4n) is 3.85. The van der Waals surface area contributed by atoms with Crippen LogP contribution in [-0.4, -0.2) is 78.3 Å². The molecule has 236 valence electrons. The Morgan fingerprint density at radius 3 is 2.40 bits per heavy atom. The van der Waals surface area contributed by atoms with Crippen LogP contribution in [0.4, 0.5) is 23.7 Å². The molecule has 1 N–H and O–H groups in total. The molecule has 1 amide bonds. The third-order valence-corrected chi connectivity index (χ3v) is 6.24. The molecular weight excluding hydrogens is 561 g/mol. The number of benzene rings is 1. The van der Waals surface area contributed by atoms with Crippen LogP contribution in [0.15, 0.2) is 64.9 Å². The minimum absolute atomic E-state index is 0.0541. The third kappa shape index (κ3) is 13.2. The first-order valence-corrected chi connectivity index (χ1v) is 13.9. The molecule has 1 aromatic carbocycles. The lowest BCUT2D eigenvalue weighted by molar-refractivity contribution is 0.0580. The second-order valence-electron chi connectivity index (χ2n) is 10.5. The van der Waals surface area contributed by atoms with E-state index in [1.165, 1.54) is 23.1 Å². The Bertz CT molecular complexity index is 1240. The highest BCUT2D eigenvalue weighted by Gasteiger charge is 2.41. The van der Waals surface area contributed by atoms with Crippen molar-refractivity contribution >= 4 is 24.0 Å². The number of ether oxygens (including phenoxy) is 1. The number of carbonyl (C=O) groups excluding carboxylic acids is 1. The number of rotatable bonds is 14. The summed E-state index contributed by atoms with van der Waals surface area (Å²) in [7, 11) is 1.96. The van der Waals surface area contributed by atoms with Crippen LogP contribution in [0.2, 0.25) is 0 Å². The van der Waals surface area contributed by atoms with Gasteiger partial charge in [-0.05, 0) is 84.5 Å². The monoisotopic (exact) mass is 604 g/mol. The molecule has 0 aliphatic carbocycles. The molecule has 0 radical (unpaired) electrons. The van der Waals surface area contributed by atoms with Crippen molar-refractivity contribution in [2.75, 3.05) is 38.3 Å². The summed E-state index contributed by atoms with van der Waals surface area (Å²) in [6.07, 6.45) is 6.09. The van der Waals surface area contributed by atoms with Gasteiger partial charge in [0.15, 0.2) is 11.7 Å². The summed E-state index contributed by atoms with van der Waals surface area (Å²) >= 11 is 0. The number of carboxylic acid groups (broad SMARTS) is 1. The number of alkyl halides is 1. The predicted molar refractivity (Wildman–Crippen MR) is 165 cm³/mol. The van der Waals surface area contributed by atoms with Crippen LogP contribution in [0, 0.1) is 11.8 Å². The lowest BCUT2D eigenvalue weighted by Crippen LogP contribution is -2.36. The van der Waals surface area contributed by atoms with Crippen molar-refractivity contribution in [2.45, 2.75) is 66.0 Å². The van der Waals surface area contributed by atoms with Gasteiger partial charge in [0.2, 0.25) is 0 Å². The molecule has 1 heterocycles. The molecule has 0 spiro atoms.